The number of nitrogens with one attached hydrogen (secondary N) is 1. The van der Waals surface area contributed by atoms with Crippen LogP contribution in [0.5, 0.6) is 0 Å². The number of aryl methyl sites for hydroxylation is 3. The maximum Gasteiger partial charge on any atom is 0.244 e. The summed E-state index contributed by atoms with van der Waals surface area (Å²) < 4.78 is 27.8. The quantitative estimate of drug-likeness (QED) is 0.666. The molecular formula is C25H31N3O4S2. The lowest BCUT2D eigenvalue weighted by Crippen LogP contribution is -2.41. The van der Waals surface area contributed by atoms with Gasteiger partial charge in [-0.1, -0.05) is 24.6 Å². The average molecular weight is 502 g/mol. The molecule has 2 aliphatic rings. The summed E-state index contributed by atoms with van der Waals surface area (Å²) in [6, 6.07) is 8.93. The topological polar surface area (TPSA) is 86.8 Å². The lowest BCUT2D eigenvalue weighted by atomic mass is 10.1. The zero-order valence-corrected chi connectivity index (χ0v) is 21.7. The predicted octanol–water partition coefficient (Wildman–Crippen LogP) is 4.11. The third kappa shape index (κ3) is 4.87. The second-order valence-electron chi connectivity index (χ2n) is 9.20. The first-order valence-corrected chi connectivity index (χ1v) is 14.0. The number of hydrogen-bond donors (Lipinski definition) is 1. The number of amides is 2. The van der Waals surface area contributed by atoms with Gasteiger partial charge in [-0.2, -0.15) is 4.31 Å². The molecule has 1 atom stereocenters. The van der Waals surface area contributed by atoms with E-state index in [0.717, 1.165) is 40.1 Å². The standard InChI is InChI=1S/C25H31N3O4S2/c1-16-11-17(2)24(18(3)12-16)26-23(29)14-28-21-13-20(34(31,32)27-9-5-6-10-27)7-8-22(21)33-15-19(4)25(28)30/h7-8,11-13,19H,5-6,9-10,14-15H2,1-4H3,(H,26,29)/t19-/m1/s1. The number of nitrogens with zero attached hydrogens (tertiary/aromatic N) is 2. The van der Waals surface area contributed by atoms with Crippen molar-refractivity contribution in [1.29, 1.82) is 0 Å². The Labute approximate surface area is 205 Å². The molecule has 4 rings (SSSR count). The van der Waals surface area contributed by atoms with E-state index in [1.54, 1.807) is 18.2 Å². The van der Waals surface area contributed by atoms with Crippen LogP contribution < -0.4 is 10.2 Å². The van der Waals surface area contributed by atoms with Gasteiger partial charge in [0.1, 0.15) is 6.54 Å². The smallest absolute Gasteiger partial charge is 0.244 e. The Morgan fingerprint density at radius 3 is 2.38 bits per heavy atom. The molecule has 0 aliphatic carbocycles. The molecule has 0 unspecified atom stereocenters. The van der Waals surface area contributed by atoms with Gasteiger partial charge in [-0.15, -0.1) is 11.8 Å². The molecule has 34 heavy (non-hydrogen) atoms. The fraction of sp³-hybridized carbons (Fsp3) is 0.440. The number of rotatable bonds is 5. The van der Waals surface area contributed by atoms with Crippen molar-refractivity contribution in [3.8, 4) is 0 Å². The summed E-state index contributed by atoms with van der Waals surface area (Å²) in [4.78, 5) is 28.8. The lowest BCUT2D eigenvalue weighted by molar-refractivity contribution is -0.123. The highest BCUT2D eigenvalue weighted by molar-refractivity contribution is 7.99. The maximum atomic E-state index is 13.3. The van der Waals surface area contributed by atoms with Gasteiger partial charge in [0.05, 0.1) is 10.6 Å². The van der Waals surface area contributed by atoms with Crippen LogP contribution in [0.1, 0.15) is 36.5 Å². The zero-order valence-electron chi connectivity index (χ0n) is 20.1. The van der Waals surface area contributed by atoms with Crippen LogP contribution in [0.2, 0.25) is 0 Å². The first-order chi connectivity index (χ1) is 16.1. The summed E-state index contributed by atoms with van der Waals surface area (Å²) in [6.45, 7) is 8.55. The van der Waals surface area contributed by atoms with Gasteiger partial charge in [0.25, 0.3) is 0 Å². The second-order valence-corrected chi connectivity index (χ2v) is 12.2. The van der Waals surface area contributed by atoms with E-state index >= 15 is 0 Å². The number of hydrogen-bond acceptors (Lipinski definition) is 5. The van der Waals surface area contributed by atoms with Crippen LogP contribution in [0.15, 0.2) is 40.1 Å². The van der Waals surface area contributed by atoms with Gasteiger partial charge in [0.15, 0.2) is 0 Å². The van der Waals surface area contributed by atoms with Crippen molar-refractivity contribution in [2.45, 2.75) is 50.3 Å². The van der Waals surface area contributed by atoms with E-state index in [4.69, 9.17) is 0 Å². The average Bonchev–Trinajstić information content (AvgIpc) is 3.30. The Morgan fingerprint density at radius 2 is 1.74 bits per heavy atom. The highest BCUT2D eigenvalue weighted by atomic mass is 32.2. The summed E-state index contributed by atoms with van der Waals surface area (Å²) in [7, 11) is -3.65. The molecule has 7 nitrogen and oxygen atoms in total. The Kier molecular flexibility index (Phi) is 7.07. The zero-order chi connectivity index (χ0) is 24.6. The molecule has 2 aliphatic heterocycles. The predicted molar refractivity (Wildman–Crippen MR) is 136 cm³/mol. The molecule has 1 N–H and O–H groups in total. The Morgan fingerprint density at radius 1 is 1.09 bits per heavy atom. The first kappa shape index (κ1) is 24.8. The van der Waals surface area contributed by atoms with E-state index in [-0.39, 0.29) is 29.2 Å². The van der Waals surface area contributed by atoms with E-state index in [2.05, 4.69) is 5.32 Å². The van der Waals surface area contributed by atoms with Crippen molar-refractivity contribution in [2.75, 3.05) is 35.6 Å². The van der Waals surface area contributed by atoms with E-state index < -0.39 is 10.0 Å². The minimum absolute atomic E-state index is 0.159. The minimum Gasteiger partial charge on any atom is -0.324 e. The molecule has 2 heterocycles. The normalized spacial score (nSPS) is 19.1. The van der Waals surface area contributed by atoms with Crippen molar-refractivity contribution >= 4 is 45.0 Å². The van der Waals surface area contributed by atoms with Crippen LogP contribution in [0.3, 0.4) is 0 Å². The molecule has 1 fully saturated rings. The van der Waals surface area contributed by atoms with Gasteiger partial charge in [-0.05, 0) is 62.9 Å². The molecule has 0 aromatic heterocycles. The van der Waals surface area contributed by atoms with Gasteiger partial charge < -0.3 is 10.2 Å². The van der Waals surface area contributed by atoms with Crippen molar-refractivity contribution in [3.63, 3.8) is 0 Å². The SMILES string of the molecule is Cc1cc(C)c(NC(=O)CN2C(=O)[C@H](C)CSc3ccc(S(=O)(=O)N4CCCC4)cc32)c(C)c1. The van der Waals surface area contributed by atoms with E-state index in [9.17, 15) is 18.0 Å². The van der Waals surface area contributed by atoms with Gasteiger partial charge in [0.2, 0.25) is 21.8 Å². The Balaban J connectivity index is 1.67. The van der Waals surface area contributed by atoms with Gasteiger partial charge in [-0.25, -0.2) is 8.42 Å². The van der Waals surface area contributed by atoms with E-state index in [1.807, 2.05) is 39.8 Å². The Hall–Kier alpha value is -2.36. The van der Waals surface area contributed by atoms with Gasteiger partial charge in [-0.3, -0.25) is 9.59 Å². The molecule has 0 bridgehead atoms. The number of sulfonamides is 1. The fourth-order valence-electron chi connectivity index (χ4n) is 4.60. The molecule has 1 saturated heterocycles. The number of carbonyl (C=O) groups is 2. The van der Waals surface area contributed by atoms with E-state index in [1.165, 1.54) is 21.0 Å². The van der Waals surface area contributed by atoms with Crippen molar-refractivity contribution < 1.29 is 18.0 Å². The third-order valence-electron chi connectivity index (χ3n) is 6.34. The number of benzene rings is 2. The molecule has 2 aromatic rings. The minimum atomic E-state index is -3.65. The van der Waals surface area contributed by atoms with Crippen molar-refractivity contribution in [1.82, 2.24) is 4.31 Å². The highest BCUT2D eigenvalue weighted by Crippen LogP contribution is 2.38. The van der Waals surface area contributed by atoms with Gasteiger partial charge >= 0.3 is 0 Å². The number of thioether (sulfide) groups is 1. The molecule has 2 aromatic carbocycles. The number of carbonyl (C=O) groups excluding carboxylic acids is 2. The van der Waals surface area contributed by atoms with Crippen LogP contribution in [0.25, 0.3) is 0 Å². The molecule has 182 valence electrons. The second kappa shape index (κ2) is 9.71. The van der Waals surface area contributed by atoms with Crippen molar-refractivity contribution in [3.05, 3.63) is 47.0 Å². The summed E-state index contributed by atoms with van der Waals surface area (Å²) in [6.07, 6.45) is 1.69. The summed E-state index contributed by atoms with van der Waals surface area (Å²) in [5.41, 5.74) is 4.24. The van der Waals surface area contributed by atoms with Crippen LogP contribution in [-0.4, -0.2) is 49.9 Å². The summed E-state index contributed by atoms with van der Waals surface area (Å²) in [5, 5.41) is 2.96. The molecule has 9 heteroatoms. The largest absolute Gasteiger partial charge is 0.324 e. The molecule has 0 spiro atoms. The number of anilines is 2. The fourth-order valence-corrected chi connectivity index (χ4v) is 7.19. The molecule has 0 radical (unpaired) electrons. The van der Waals surface area contributed by atoms with Crippen LogP contribution in [0.4, 0.5) is 11.4 Å². The van der Waals surface area contributed by atoms with Gasteiger partial charge in [0, 0.05) is 35.3 Å². The summed E-state index contributed by atoms with van der Waals surface area (Å²) >= 11 is 1.51. The van der Waals surface area contributed by atoms with E-state index in [0.29, 0.717) is 24.5 Å². The summed E-state index contributed by atoms with van der Waals surface area (Å²) in [5.74, 6) is -0.236. The third-order valence-corrected chi connectivity index (χ3v) is 9.56. The number of fused-ring (bicyclic) bond motifs is 1. The maximum absolute atomic E-state index is 13.3. The Bertz CT molecular complexity index is 1210. The highest BCUT2D eigenvalue weighted by Gasteiger charge is 2.33. The molecule has 2 amide bonds. The van der Waals surface area contributed by atoms with Crippen LogP contribution >= 0.6 is 11.8 Å². The molecule has 0 saturated carbocycles. The first-order valence-electron chi connectivity index (χ1n) is 11.5. The van der Waals surface area contributed by atoms with Crippen molar-refractivity contribution in [2.24, 2.45) is 5.92 Å². The van der Waals surface area contributed by atoms with Crippen LogP contribution in [-0.2, 0) is 19.6 Å². The molecular weight excluding hydrogens is 470 g/mol. The lowest BCUT2D eigenvalue weighted by Gasteiger charge is -2.25. The monoisotopic (exact) mass is 501 g/mol. The van der Waals surface area contributed by atoms with Crippen LogP contribution in [0, 0.1) is 26.7 Å².